The number of ether oxygens (including phenoxy) is 1. The van der Waals surface area contributed by atoms with Gasteiger partial charge >= 0.3 is 0 Å². The second-order valence-electron chi connectivity index (χ2n) is 4.30. The van der Waals surface area contributed by atoms with Crippen LogP contribution in [0.2, 0.25) is 0 Å². The maximum atomic E-state index is 13.5. The van der Waals surface area contributed by atoms with Gasteiger partial charge in [-0.25, -0.2) is 12.8 Å². The molecule has 108 valence electrons. The van der Waals surface area contributed by atoms with Gasteiger partial charge in [-0.1, -0.05) is 6.07 Å². The minimum atomic E-state index is -3.38. The number of benzene rings is 2. The zero-order valence-electron chi connectivity index (χ0n) is 11.0. The van der Waals surface area contributed by atoms with Crippen LogP contribution in [0.25, 0.3) is 0 Å². The fourth-order valence-electron chi connectivity index (χ4n) is 1.67. The number of anilines is 1. The first-order chi connectivity index (χ1) is 9.82. The molecule has 0 aliphatic heterocycles. The van der Waals surface area contributed by atoms with Crippen molar-refractivity contribution in [2.45, 2.75) is 4.90 Å². The summed E-state index contributed by atoms with van der Waals surface area (Å²) in [5.41, 5.74) is 5.56. The van der Waals surface area contributed by atoms with Crippen molar-refractivity contribution in [2.24, 2.45) is 0 Å². The molecule has 21 heavy (non-hydrogen) atoms. The van der Waals surface area contributed by atoms with E-state index < -0.39 is 15.7 Å². The average Bonchev–Trinajstić information content (AvgIpc) is 2.40. The normalized spacial score (nSPS) is 10.9. The lowest BCUT2D eigenvalue weighted by Crippen LogP contribution is -2.00. The van der Waals surface area contributed by atoms with Gasteiger partial charge in [0.15, 0.2) is 9.84 Å². The van der Waals surface area contributed by atoms with Gasteiger partial charge in [-0.2, -0.15) is 5.26 Å². The Morgan fingerprint density at radius 3 is 2.52 bits per heavy atom. The summed E-state index contributed by atoms with van der Waals surface area (Å²) in [7, 11) is -3.38. The summed E-state index contributed by atoms with van der Waals surface area (Å²) < 4.78 is 41.7. The SMILES string of the molecule is CS(=O)(=O)c1ccc(Oc2cccc(F)c2C#N)c(N)c1. The van der Waals surface area contributed by atoms with Crippen LogP contribution < -0.4 is 10.5 Å². The Bertz CT molecular complexity index is 842. The molecule has 0 amide bonds. The molecule has 2 N–H and O–H groups in total. The van der Waals surface area contributed by atoms with Crippen LogP contribution in [0.4, 0.5) is 10.1 Å². The molecule has 0 fully saturated rings. The van der Waals surface area contributed by atoms with Crippen LogP contribution in [0.3, 0.4) is 0 Å². The van der Waals surface area contributed by atoms with E-state index in [0.717, 1.165) is 12.3 Å². The third-order valence-corrected chi connectivity index (χ3v) is 3.83. The molecule has 0 saturated carbocycles. The van der Waals surface area contributed by atoms with Crippen LogP contribution in [0.5, 0.6) is 11.5 Å². The number of nitrogens with two attached hydrogens (primary N) is 1. The van der Waals surface area contributed by atoms with Crippen LogP contribution in [-0.2, 0) is 9.84 Å². The Labute approximate surface area is 121 Å². The standard InChI is InChI=1S/C14H11FN2O3S/c1-21(18,19)9-5-6-14(12(17)7-9)20-13-4-2-3-11(15)10(13)8-16/h2-7H,17H2,1H3. The van der Waals surface area contributed by atoms with Crippen molar-refractivity contribution in [3.8, 4) is 17.6 Å². The minimum absolute atomic E-state index is 0.0105. The number of hydrogen-bond donors (Lipinski definition) is 1. The zero-order chi connectivity index (χ0) is 15.6. The number of hydrogen-bond acceptors (Lipinski definition) is 5. The highest BCUT2D eigenvalue weighted by Gasteiger charge is 2.13. The predicted molar refractivity (Wildman–Crippen MR) is 75.2 cm³/mol. The van der Waals surface area contributed by atoms with Crippen LogP contribution in [0.15, 0.2) is 41.3 Å². The summed E-state index contributed by atoms with van der Waals surface area (Å²) in [5, 5.41) is 8.92. The van der Waals surface area contributed by atoms with E-state index in [0.29, 0.717) is 0 Å². The zero-order valence-corrected chi connectivity index (χ0v) is 11.8. The van der Waals surface area contributed by atoms with Crippen molar-refractivity contribution >= 4 is 15.5 Å². The van der Waals surface area contributed by atoms with Gasteiger partial charge < -0.3 is 10.5 Å². The molecule has 0 aliphatic rings. The fourth-order valence-corrected chi connectivity index (χ4v) is 2.32. The number of rotatable bonds is 3. The Balaban J connectivity index is 2.43. The highest BCUT2D eigenvalue weighted by molar-refractivity contribution is 7.90. The molecule has 0 saturated heterocycles. The smallest absolute Gasteiger partial charge is 0.175 e. The third-order valence-electron chi connectivity index (χ3n) is 2.72. The van der Waals surface area contributed by atoms with Crippen molar-refractivity contribution in [1.29, 1.82) is 5.26 Å². The molecule has 0 atom stereocenters. The van der Waals surface area contributed by atoms with Crippen molar-refractivity contribution in [1.82, 2.24) is 0 Å². The topological polar surface area (TPSA) is 93.2 Å². The lowest BCUT2D eigenvalue weighted by Gasteiger charge is -2.11. The largest absolute Gasteiger partial charge is 0.454 e. The van der Waals surface area contributed by atoms with E-state index in [-0.39, 0.29) is 27.6 Å². The maximum Gasteiger partial charge on any atom is 0.175 e. The van der Waals surface area contributed by atoms with Gasteiger partial charge in [-0.3, -0.25) is 0 Å². The molecule has 0 spiro atoms. The lowest BCUT2D eigenvalue weighted by molar-refractivity contribution is 0.476. The van der Waals surface area contributed by atoms with Crippen molar-refractivity contribution in [3.05, 3.63) is 47.8 Å². The molecular formula is C14H11FN2O3S. The van der Waals surface area contributed by atoms with E-state index in [4.69, 9.17) is 15.7 Å². The van der Waals surface area contributed by atoms with Gasteiger partial charge in [0.2, 0.25) is 0 Å². The summed E-state index contributed by atoms with van der Waals surface area (Å²) in [4.78, 5) is 0.0482. The van der Waals surface area contributed by atoms with E-state index in [2.05, 4.69) is 0 Å². The number of nitriles is 1. The Morgan fingerprint density at radius 2 is 1.95 bits per heavy atom. The number of sulfone groups is 1. The van der Waals surface area contributed by atoms with Crippen LogP contribution in [0, 0.1) is 17.1 Å². The molecule has 2 rings (SSSR count). The van der Waals surface area contributed by atoms with Crippen LogP contribution >= 0.6 is 0 Å². The molecule has 0 radical (unpaired) electrons. The molecule has 2 aromatic rings. The molecular weight excluding hydrogens is 295 g/mol. The monoisotopic (exact) mass is 306 g/mol. The van der Waals surface area contributed by atoms with Gasteiger partial charge in [0, 0.05) is 6.26 Å². The van der Waals surface area contributed by atoms with Crippen molar-refractivity contribution in [2.75, 3.05) is 12.0 Å². The van der Waals surface area contributed by atoms with Gasteiger partial charge in [0.1, 0.15) is 28.9 Å². The molecule has 0 aromatic heterocycles. The average molecular weight is 306 g/mol. The third kappa shape index (κ3) is 3.12. The number of nitrogens with zero attached hydrogens (tertiary/aromatic N) is 1. The van der Waals surface area contributed by atoms with Crippen molar-refractivity contribution in [3.63, 3.8) is 0 Å². The molecule has 5 nitrogen and oxygen atoms in total. The molecule has 0 unspecified atom stereocenters. The second-order valence-corrected chi connectivity index (χ2v) is 6.31. The summed E-state index contributed by atoms with van der Waals surface area (Å²) >= 11 is 0. The molecule has 0 bridgehead atoms. The van der Waals surface area contributed by atoms with E-state index in [1.54, 1.807) is 6.07 Å². The quantitative estimate of drug-likeness (QED) is 0.879. The first-order valence-electron chi connectivity index (χ1n) is 5.79. The minimum Gasteiger partial charge on any atom is -0.454 e. The molecule has 2 aromatic carbocycles. The highest BCUT2D eigenvalue weighted by atomic mass is 32.2. The first-order valence-corrected chi connectivity index (χ1v) is 7.68. The van der Waals surface area contributed by atoms with Gasteiger partial charge in [-0.05, 0) is 30.3 Å². The Morgan fingerprint density at radius 1 is 1.24 bits per heavy atom. The second kappa shape index (κ2) is 5.42. The Kier molecular flexibility index (Phi) is 3.82. The van der Waals surface area contributed by atoms with E-state index >= 15 is 0 Å². The maximum absolute atomic E-state index is 13.5. The van der Waals surface area contributed by atoms with Crippen molar-refractivity contribution < 1.29 is 17.5 Å². The fraction of sp³-hybridized carbons (Fsp3) is 0.0714. The lowest BCUT2D eigenvalue weighted by atomic mass is 10.2. The Hall–Kier alpha value is -2.59. The molecule has 0 aliphatic carbocycles. The predicted octanol–water partition coefficient (Wildman–Crippen LogP) is 2.48. The summed E-state index contributed by atoms with van der Waals surface area (Å²) in [5.74, 6) is -0.554. The van der Waals surface area contributed by atoms with Crippen LogP contribution in [-0.4, -0.2) is 14.7 Å². The van der Waals surface area contributed by atoms with E-state index in [1.165, 1.54) is 30.3 Å². The van der Waals surface area contributed by atoms with E-state index in [1.807, 2.05) is 0 Å². The van der Waals surface area contributed by atoms with Crippen LogP contribution in [0.1, 0.15) is 5.56 Å². The number of nitrogen functional groups attached to an aromatic ring is 1. The summed E-state index contributed by atoms with van der Waals surface area (Å²) in [6.07, 6.45) is 1.06. The summed E-state index contributed by atoms with van der Waals surface area (Å²) in [6, 6.07) is 9.59. The van der Waals surface area contributed by atoms with Gasteiger partial charge in [0.05, 0.1) is 10.6 Å². The summed E-state index contributed by atoms with van der Waals surface area (Å²) in [6.45, 7) is 0. The first kappa shape index (κ1) is 14.8. The van der Waals surface area contributed by atoms with E-state index in [9.17, 15) is 12.8 Å². The molecule has 7 heteroatoms. The van der Waals surface area contributed by atoms with Gasteiger partial charge in [-0.15, -0.1) is 0 Å². The molecule has 0 heterocycles. The highest BCUT2D eigenvalue weighted by Crippen LogP contribution is 2.32. The number of halogens is 1. The van der Waals surface area contributed by atoms with Gasteiger partial charge in [0.25, 0.3) is 0 Å².